The van der Waals surface area contributed by atoms with Crippen LogP contribution in [0, 0.1) is 5.92 Å². The van der Waals surface area contributed by atoms with Crippen LogP contribution in [0.15, 0.2) is 0 Å². The van der Waals surface area contributed by atoms with Crippen LogP contribution in [-0.2, 0) is 19.1 Å². The van der Waals surface area contributed by atoms with Crippen LogP contribution >= 0.6 is 0 Å². The number of ether oxygens (including phenoxy) is 2. The molecule has 0 aromatic rings. The van der Waals surface area contributed by atoms with Gasteiger partial charge in [0.15, 0.2) is 0 Å². The Labute approximate surface area is 109 Å². The summed E-state index contributed by atoms with van der Waals surface area (Å²) in [5.41, 5.74) is 0. The van der Waals surface area contributed by atoms with E-state index in [0.29, 0.717) is 45.8 Å². The van der Waals surface area contributed by atoms with Gasteiger partial charge in [-0.3, -0.25) is 9.59 Å². The van der Waals surface area contributed by atoms with Crippen LogP contribution < -0.4 is 5.32 Å². The molecule has 0 aliphatic carbocycles. The number of hydrogen-bond acceptors (Lipinski definition) is 4. The number of hydrogen-bond donors (Lipinski definition) is 1. The maximum atomic E-state index is 11.2. The highest BCUT2D eigenvalue weighted by Gasteiger charge is 2.04. The van der Waals surface area contributed by atoms with Gasteiger partial charge in [0.25, 0.3) is 0 Å². The van der Waals surface area contributed by atoms with Crippen LogP contribution in [0.2, 0.25) is 0 Å². The number of rotatable bonds is 11. The molecule has 0 rings (SSSR count). The molecule has 0 saturated carbocycles. The van der Waals surface area contributed by atoms with E-state index in [1.54, 1.807) is 0 Å². The standard InChI is InChI=1S/C13H25NO4/c1-4-12(15)5-7-17-9-10-18-8-6-14-13(16)11(2)3/h11H,4-10H2,1-3H3,(H,14,16). The first-order chi connectivity index (χ1) is 8.57. The van der Waals surface area contributed by atoms with E-state index in [9.17, 15) is 9.59 Å². The van der Waals surface area contributed by atoms with Crippen molar-refractivity contribution < 1.29 is 19.1 Å². The zero-order valence-corrected chi connectivity index (χ0v) is 11.7. The highest BCUT2D eigenvalue weighted by molar-refractivity contribution is 5.78. The van der Waals surface area contributed by atoms with Crippen LogP contribution in [-0.4, -0.2) is 44.7 Å². The number of carbonyl (C=O) groups is 2. The van der Waals surface area contributed by atoms with Crippen LogP contribution in [0.3, 0.4) is 0 Å². The van der Waals surface area contributed by atoms with Crippen molar-refractivity contribution in [2.45, 2.75) is 33.6 Å². The van der Waals surface area contributed by atoms with Crippen LogP contribution in [0.1, 0.15) is 33.6 Å². The SMILES string of the molecule is CCC(=O)CCOCCOCCNC(=O)C(C)C. The van der Waals surface area contributed by atoms with Gasteiger partial charge in [-0.2, -0.15) is 0 Å². The van der Waals surface area contributed by atoms with E-state index in [2.05, 4.69) is 5.32 Å². The number of nitrogens with one attached hydrogen (secondary N) is 1. The molecule has 0 aliphatic rings. The number of amides is 1. The first kappa shape index (κ1) is 17.1. The number of carbonyl (C=O) groups excluding carboxylic acids is 2. The summed E-state index contributed by atoms with van der Waals surface area (Å²) in [6, 6.07) is 0. The molecule has 0 unspecified atom stereocenters. The van der Waals surface area contributed by atoms with Gasteiger partial charge < -0.3 is 14.8 Å². The van der Waals surface area contributed by atoms with Crippen molar-refractivity contribution >= 4 is 11.7 Å². The number of ketones is 1. The number of Topliss-reactive ketones (excluding diaryl/α,β-unsaturated/α-hetero) is 1. The van der Waals surface area contributed by atoms with E-state index in [0.717, 1.165) is 0 Å². The van der Waals surface area contributed by atoms with E-state index in [4.69, 9.17) is 9.47 Å². The summed E-state index contributed by atoms with van der Waals surface area (Å²) in [5.74, 6) is 0.254. The maximum absolute atomic E-state index is 11.2. The van der Waals surface area contributed by atoms with Gasteiger partial charge in [-0.25, -0.2) is 0 Å². The topological polar surface area (TPSA) is 64.6 Å². The fourth-order valence-corrected chi connectivity index (χ4v) is 1.14. The zero-order chi connectivity index (χ0) is 13.8. The molecule has 1 N–H and O–H groups in total. The fourth-order valence-electron chi connectivity index (χ4n) is 1.14. The highest BCUT2D eigenvalue weighted by Crippen LogP contribution is 1.91. The molecule has 18 heavy (non-hydrogen) atoms. The summed E-state index contributed by atoms with van der Waals surface area (Å²) < 4.78 is 10.5. The van der Waals surface area contributed by atoms with E-state index >= 15 is 0 Å². The smallest absolute Gasteiger partial charge is 0.222 e. The minimum Gasteiger partial charge on any atom is -0.379 e. The largest absolute Gasteiger partial charge is 0.379 e. The van der Waals surface area contributed by atoms with Crippen molar-refractivity contribution in [3.63, 3.8) is 0 Å². The summed E-state index contributed by atoms with van der Waals surface area (Å²) in [7, 11) is 0. The highest BCUT2D eigenvalue weighted by atomic mass is 16.5. The lowest BCUT2D eigenvalue weighted by Crippen LogP contribution is -2.31. The second kappa shape index (κ2) is 11.2. The molecular formula is C13H25NO4. The average Bonchev–Trinajstić information content (AvgIpc) is 2.35. The van der Waals surface area contributed by atoms with Crippen molar-refractivity contribution in [3.05, 3.63) is 0 Å². The predicted octanol–water partition coefficient (Wildman–Crippen LogP) is 1.16. The van der Waals surface area contributed by atoms with E-state index in [-0.39, 0.29) is 17.6 Å². The summed E-state index contributed by atoms with van der Waals surface area (Å²) in [5, 5.41) is 2.76. The van der Waals surface area contributed by atoms with Crippen molar-refractivity contribution in [1.29, 1.82) is 0 Å². The maximum Gasteiger partial charge on any atom is 0.222 e. The van der Waals surface area contributed by atoms with E-state index < -0.39 is 0 Å². The van der Waals surface area contributed by atoms with Crippen LogP contribution in [0.4, 0.5) is 0 Å². The Morgan fingerprint density at radius 3 is 2.22 bits per heavy atom. The molecule has 5 heteroatoms. The van der Waals surface area contributed by atoms with Gasteiger partial charge in [-0.15, -0.1) is 0 Å². The van der Waals surface area contributed by atoms with Crippen molar-refractivity contribution in [2.75, 3.05) is 33.0 Å². The summed E-state index contributed by atoms with van der Waals surface area (Å²) in [6.45, 7) is 7.97. The molecule has 0 aromatic carbocycles. The monoisotopic (exact) mass is 259 g/mol. The molecule has 0 saturated heterocycles. The normalized spacial score (nSPS) is 10.7. The molecule has 5 nitrogen and oxygen atoms in total. The van der Waals surface area contributed by atoms with Crippen LogP contribution in [0.5, 0.6) is 0 Å². The second-order valence-electron chi connectivity index (χ2n) is 4.31. The van der Waals surface area contributed by atoms with E-state index in [1.165, 1.54) is 0 Å². The van der Waals surface area contributed by atoms with Gasteiger partial charge in [0, 0.05) is 25.3 Å². The minimum atomic E-state index is 0.00411. The van der Waals surface area contributed by atoms with E-state index in [1.807, 2.05) is 20.8 Å². The third kappa shape index (κ3) is 10.2. The molecule has 0 bridgehead atoms. The molecule has 0 heterocycles. The Hall–Kier alpha value is -0.940. The summed E-state index contributed by atoms with van der Waals surface area (Å²) >= 11 is 0. The third-order valence-electron chi connectivity index (χ3n) is 2.36. The molecule has 0 fully saturated rings. The van der Waals surface area contributed by atoms with Crippen LogP contribution in [0.25, 0.3) is 0 Å². The lowest BCUT2D eigenvalue weighted by Gasteiger charge is -2.08. The summed E-state index contributed by atoms with van der Waals surface area (Å²) in [6.07, 6.45) is 1.04. The van der Waals surface area contributed by atoms with Crippen molar-refractivity contribution in [3.8, 4) is 0 Å². The molecule has 0 atom stereocenters. The zero-order valence-electron chi connectivity index (χ0n) is 11.7. The Bertz CT molecular complexity index is 241. The molecule has 0 spiro atoms. The van der Waals surface area contributed by atoms with Gasteiger partial charge in [0.2, 0.25) is 5.91 Å². The molecule has 1 amide bonds. The van der Waals surface area contributed by atoms with Gasteiger partial charge in [-0.05, 0) is 0 Å². The predicted molar refractivity (Wildman–Crippen MR) is 69.4 cm³/mol. The Balaban J connectivity index is 3.17. The Morgan fingerprint density at radius 1 is 1.06 bits per heavy atom. The molecule has 106 valence electrons. The average molecular weight is 259 g/mol. The molecule has 0 radical (unpaired) electrons. The molecular weight excluding hydrogens is 234 g/mol. The quantitative estimate of drug-likeness (QED) is 0.566. The molecule has 0 aliphatic heterocycles. The lowest BCUT2D eigenvalue weighted by molar-refractivity contribution is -0.124. The first-order valence-electron chi connectivity index (χ1n) is 6.52. The molecule has 0 aromatic heterocycles. The minimum absolute atomic E-state index is 0.00411. The fraction of sp³-hybridized carbons (Fsp3) is 0.846. The Kier molecular flexibility index (Phi) is 10.6. The van der Waals surface area contributed by atoms with Gasteiger partial charge in [-0.1, -0.05) is 20.8 Å². The summed E-state index contributed by atoms with van der Waals surface area (Å²) in [4.78, 5) is 22.1. The van der Waals surface area contributed by atoms with Crippen molar-refractivity contribution in [2.24, 2.45) is 5.92 Å². The van der Waals surface area contributed by atoms with Gasteiger partial charge in [0.1, 0.15) is 5.78 Å². The Morgan fingerprint density at radius 2 is 1.67 bits per heavy atom. The first-order valence-corrected chi connectivity index (χ1v) is 6.52. The van der Waals surface area contributed by atoms with Gasteiger partial charge in [0.05, 0.1) is 26.4 Å². The second-order valence-corrected chi connectivity index (χ2v) is 4.31. The third-order valence-corrected chi connectivity index (χ3v) is 2.36. The lowest BCUT2D eigenvalue weighted by atomic mass is 10.2. The van der Waals surface area contributed by atoms with Gasteiger partial charge >= 0.3 is 0 Å². The van der Waals surface area contributed by atoms with Crippen molar-refractivity contribution in [1.82, 2.24) is 5.32 Å².